The van der Waals surface area contributed by atoms with Gasteiger partial charge in [0, 0.05) is 19.9 Å². The molecule has 0 atom stereocenters. The summed E-state index contributed by atoms with van der Waals surface area (Å²) in [6.45, 7) is 2.40. The summed E-state index contributed by atoms with van der Waals surface area (Å²) in [6, 6.07) is 7.23. The SMILES string of the molecule is Cc1cc(Cl)ccc1C(=O)NCc1sccc1Br. The molecule has 0 radical (unpaired) electrons. The minimum absolute atomic E-state index is 0.0792. The van der Waals surface area contributed by atoms with Crippen LogP contribution >= 0.6 is 38.9 Å². The van der Waals surface area contributed by atoms with Gasteiger partial charge in [0.15, 0.2) is 0 Å². The Kier molecular flexibility index (Phi) is 4.43. The van der Waals surface area contributed by atoms with E-state index < -0.39 is 0 Å². The van der Waals surface area contributed by atoms with Crippen LogP contribution in [-0.4, -0.2) is 5.91 Å². The maximum atomic E-state index is 12.0. The van der Waals surface area contributed by atoms with Gasteiger partial charge in [0.1, 0.15) is 0 Å². The van der Waals surface area contributed by atoms with Crippen molar-refractivity contribution in [3.05, 3.63) is 55.1 Å². The third kappa shape index (κ3) is 3.13. The summed E-state index contributed by atoms with van der Waals surface area (Å²) in [4.78, 5) is 13.1. The van der Waals surface area contributed by atoms with Crippen molar-refractivity contribution < 1.29 is 4.79 Å². The summed E-state index contributed by atoms with van der Waals surface area (Å²) in [5, 5.41) is 5.53. The van der Waals surface area contributed by atoms with Crippen molar-refractivity contribution in [3.8, 4) is 0 Å². The number of nitrogens with one attached hydrogen (secondary N) is 1. The van der Waals surface area contributed by atoms with Crippen molar-refractivity contribution in [2.24, 2.45) is 0 Å². The minimum Gasteiger partial charge on any atom is -0.347 e. The van der Waals surface area contributed by atoms with Crippen molar-refractivity contribution in [1.29, 1.82) is 0 Å². The van der Waals surface area contributed by atoms with E-state index in [1.807, 2.05) is 18.4 Å². The number of hydrogen-bond donors (Lipinski definition) is 1. The largest absolute Gasteiger partial charge is 0.347 e. The zero-order valence-electron chi connectivity index (χ0n) is 9.67. The average molecular weight is 345 g/mol. The zero-order chi connectivity index (χ0) is 13.1. The number of hydrogen-bond acceptors (Lipinski definition) is 2. The lowest BCUT2D eigenvalue weighted by atomic mass is 10.1. The van der Waals surface area contributed by atoms with Gasteiger partial charge in [-0.15, -0.1) is 11.3 Å². The molecule has 0 saturated carbocycles. The monoisotopic (exact) mass is 343 g/mol. The molecule has 2 rings (SSSR count). The topological polar surface area (TPSA) is 29.1 Å². The molecule has 94 valence electrons. The van der Waals surface area contributed by atoms with Crippen LogP contribution in [0.5, 0.6) is 0 Å². The van der Waals surface area contributed by atoms with Crippen LogP contribution in [0.1, 0.15) is 20.8 Å². The van der Waals surface area contributed by atoms with Gasteiger partial charge in [-0.3, -0.25) is 4.79 Å². The molecule has 5 heteroatoms. The lowest BCUT2D eigenvalue weighted by Gasteiger charge is -2.07. The van der Waals surface area contributed by atoms with Crippen LogP contribution in [0, 0.1) is 6.92 Å². The Labute approximate surface area is 123 Å². The number of halogens is 2. The molecule has 0 fully saturated rings. The molecule has 2 nitrogen and oxygen atoms in total. The molecular weight excluding hydrogens is 334 g/mol. The first-order valence-corrected chi connectivity index (χ1v) is 7.39. The van der Waals surface area contributed by atoms with E-state index in [0.29, 0.717) is 17.1 Å². The summed E-state index contributed by atoms with van der Waals surface area (Å²) < 4.78 is 1.03. The Balaban J connectivity index is 2.06. The van der Waals surface area contributed by atoms with Crippen molar-refractivity contribution in [2.75, 3.05) is 0 Å². The van der Waals surface area contributed by atoms with Gasteiger partial charge in [0.05, 0.1) is 6.54 Å². The fraction of sp³-hybridized carbons (Fsp3) is 0.154. The summed E-state index contributed by atoms with van der Waals surface area (Å²) in [7, 11) is 0. The predicted molar refractivity (Wildman–Crippen MR) is 79.4 cm³/mol. The number of aryl methyl sites for hydroxylation is 1. The van der Waals surface area contributed by atoms with E-state index in [0.717, 1.165) is 14.9 Å². The normalized spacial score (nSPS) is 10.4. The molecule has 0 saturated heterocycles. The zero-order valence-corrected chi connectivity index (χ0v) is 12.8. The van der Waals surface area contributed by atoms with Crippen LogP contribution in [0.3, 0.4) is 0 Å². The van der Waals surface area contributed by atoms with Crippen LogP contribution in [0.25, 0.3) is 0 Å². The van der Waals surface area contributed by atoms with Crippen LogP contribution < -0.4 is 5.32 Å². The molecule has 0 unspecified atom stereocenters. The molecule has 2 aromatic rings. The maximum absolute atomic E-state index is 12.0. The number of rotatable bonds is 3. The fourth-order valence-corrected chi connectivity index (χ4v) is 3.25. The van der Waals surface area contributed by atoms with Crippen molar-refractivity contribution in [3.63, 3.8) is 0 Å². The van der Waals surface area contributed by atoms with E-state index in [1.165, 1.54) is 0 Å². The van der Waals surface area contributed by atoms with Gasteiger partial charge in [-0.2, -0.15) is 0 Å². The molecule has 18 heavy (non-hydrogen) atoms. The highest BCUT2D eigenvalue weighted by molar-refractivity contribution is 9.10. The molecule has 1 N–H and O–H groups in total. The van der Waals surface area contributed by atoms with Crippen molar-refractivity contribution in [2.45, 2.75) is 13.5 Å². The number of carbonyl (C=O) groups is 1. The molecule has 0 aliphatic rings. The molecule has 1 heterocycles. The highest BCUT2D eigenvalue weighted by atomic mass is 79.9. The maximum Gasteiger partial charge on any atom is 0.251 e. The van der Waals surface area contributed by atoms with Crippen LogP contribution in [0.2, 0.25) is 5.02 Å². The van der Waals surface area contributed by atoms with Gasteiger partial charge in [-0.05, 0) is 58.1 Å². The highest BCUT2D eigenvalue weighted by Crippen LogP contribution is 2.22. The lowest BCUT2D eigenvalue weighted by Crippen LogP contribution is -2.23. The predicted octanol–water partition coefficient (Wildman–Crippen LogP) is 4.40. The number of amides is 1. The Hall–Kier alpha value is -0.840. The fourth-order valence-electron chi connectivity index (χ4n) is 1.59. The second-order valence-electron chi connectivity index (χ2n) is 3.83. The van der Waals surface area contributed by atoms with Crippen LogP contribution in [0.4, 0.5) is 0 Å². The standard InChI is InChI=1S/C13H11BrClNOS/c1-8-6-9(15)2-3-10(8)13(17)16-7-12-11(14)4-5-18-12/h2-6H,7H2,1H3,(H,16,17). The molecule has 0 spiro atoms. The molecule has 0 aliphatic heterocycles. The molecule has 1 aromatic heterocycles. The Bertz CT molecular complexity index is 582. The first kappa shape index (κ1) is 13.6. The number of thiophene rings is 1. The smallest absolute Gasteiger partial charge is 0.251 e. The van der Waals surface area contributed by atoms with E-state index in [4.69, 9.17) is 11.6 Å². The van der Waals surface area contributed by atoms with Gasteiger partial charge < -0.3 is 5.32 Å². The van der Waals surface area contributed by atoms with Gasteiger partial charge in [-0.25, -0.2) is 0 Å². The van der Waals surface area contributed by atoms with Crippen LogP contribution in [-0.2, 0) is 6.54 Å². The Morgan fingerprint density at radius 3 is 2.83 bits per heavy atom. The van der Waals surface area contributed by atoms with Crippen molar-refractivity contribution >= 4 is 44.8 Å². The molecule has 1 amide bonds. The second-order valence-corrected chi connectivity index (χ2v) is 6.13. The van der Waals surface area contributed by atoms with Gasteiger partial charge in [-0.1, -0.05) is 11.6 Å². The minimum atomic E-state index is -0.0792. The molecular formula is C13H11BrClNOS. The summed E-state index contributed by atoms with van der Waals surface area (Å²) in [5.41, 5.74) is 1.54. The van der Waals surface area contributed by atoms with Gasteiger partial charge >= 0.3 is 0 Å². The van der Waals surface area contributed by atoms with Gasteiger partial charge in [0.2, 0.25) is 0 Å². The average Bonchev–Trinajstić information content (AvgIpc) is 2.72. The first-order chi connectivity index (χ1) is 8.58. The molecule has 1 aromatic carbocycles. The molecule has 0 aliphatic carbocycles. The Morgan fingerprint density at radius 2 is 2.22 bits per heavy atom. The highest BCUT2D eigenvalue weighted by Gasteiger charge is 2.10. The number of benzene rings is 1. The molecule has 0 bridgehead atoms. The lowest BCUT2D eigenvalue weighted by molar-refractivity contribution is 0.0950. The quantitative estimate of drug-likeness (QED) is 0.878. The van der Waals surface area contributed by atoms with E-state index in [-0.39, 0.29) is 5.91 Å². The number of carbonyl (C=O) groups excluding carboxylic acids is 1. The summed E-state index contributed by atoms with van der Waals surface area (Å²) in [6.07, 6.45) is 0. The first-order valence-electron chi connectivity index (χ1n) is 5.34. The van der Waals surface area contributed by atoms with E-state index in [9.17, 15) is 4.79 Å². The summed E-state index contributed by atoms with van der Waals surface area (Å²) >= 11 is 10.9. The van der Waals surface area contributed by atoms with Crippen LogP contribution in [0.15, 0.2) is 34.1 Å². The van der Waals surface area contributed by atoms with E-state index in [2.05, 4.69) is 21.2 Å². The third-order valence-electron chi connectivity index (χ3n) is 2.53. The van der Waals surface area contributed by atoms with Gasteiger partial charge in [0.25, 0.3) is 5.91 Å². The van der Waals surface area contributed by atoms with E-state index in [1.54, 1.807) is 29.5 Å². The second kappa shape index (κ2) is 5.87. The summed E-state index contributed by atoms with van der Waals surface area (Å²) in [5.74, 6) is -0.0792. The Morgan fingerprint density at radius 1 is 1.44 bits per heavy atom. The van der Waals surface area contributed by atoms with E-state index >= 15 is 0 Å². The third-order valence-corrected chi connectivity index (χ3v) is 4.70. The van der Waals surface area contributed by atoms with Crippen molar-refractivity contribution in [1.82, 2.24) is 5.32 Å².